The molecule has 0 radical (unpaired) electrons. The highest BCUT2D eigenvalue weighted by Crippen LogP contribution is 2.21. The van der Waals surface area contributed by atoms with Gasteiger partial charge in [-0.3, -0.25) is 14.4 Å². The van der Waals surface area contributed by atoms with Crippen LogP contribution in [0.3, 0.4) is 0 Å². The maximum Gasteiger partial charge on any atom is 0.274 e. The average Bonchev–Trinajstić information content (AvgIpc) is 3.26. The number of ketones is 1. The average molecular weight is 455 g/mol. The third-order valence-electron chi connectivity index (χ3n) is 4.72. The molecule has 0 aliphatic carbocycles. The van der Waals surface area contributed by atoms with Gasteiger partial charge in [-0.25, -0.2) is 13.8 Å². The standard InChI is InChI=1S/C23H23F2N5O3/c1-30(2)11-3-4-19(31)20-21(27-13-26-20)23(33)28-16-9-10-18(17(25)12-16)29-22(32)14-5-7-15(24)8-6-14/h5-10,12-13H,3-4,11H2,1-2H3,(H,26,27)(H,28,33)(H,29,32). The van der Waals surface area contributed by atoms with Crippen molar-refractivity contribution in [3.63, 3.8) is 0 Å². The maximum atomic E-state index is 14.5. The fourth-order valence-electron chi connectivity index (χ4n) is 3.04. The minimum atomic E-state index is -0.784. The number of nitrogens with one attached hydrogen (secondary N) is 3. The second-order valence-electron chi connectivity index (χ2n) is 7.57. The van der Waals surface area contributed by atoms with Crippen LogP contribution in [0.5, 0.6) is 0 Å². The molecule has 0 unspecified atom stereocenters. The molecule has 0 aliphatic rings. The van der Waals surface area contributed by atoms with E-state index in [9.17, 15) is 23.2 Å². The Hall–Kier alpha value is -3.92. The van der Waals surface area contributed by atoms with Crippen LogP contribution in [-0.2, 0) is 0 Å². The van der Waals surface area contributed by atoms with Crippen LogP contribution >= 0.6 is 0 Å². The molecule has 1 aromatic heterocycles. The van der Waals surface area contributed by atoms with Crippen molar-refractivity contribution in [2.45, 2.75) is 12.8 Å². The Morgan fingerprint density at radius 2 is 1.73 bits per heavy atom. The van der Waals surface area contributed by atoms with Gasteiger partial charge in [0.1, 0.15) is 23.0 Å². The van der Waals surface area contributed by atoms with Crippen molar-refractivity contribution in [3.8, 4) is 0 Å². The number of rotatable bonds is 9. The van der Waals surface area contributed by atoms with Crippen molar-refractivity contribution >= 4 is 29.0 Å². The number of aromatic amines is 1. The third kappa shape index (κ3) is 6.30. The third-order valence-corrected chi connectivity index (χ3v) is 4.72. The molecule has 0 atom stereocenters. The number of hydrogen-bond donors (Lipinski definition) is 3. The first kappa shape index (κ1) is 23.7. The number of amides is 2. The lowest BCUT2D eigenvalue weighted by Crippen LogP contribution is -2.18. The number of carbonyl (C=O) groups excluding carboxylic acids is 3. The number of H-pyrrole nitrogens is 1. The zero-order chi connectivity index (χ0) is 24.0. The van der Waals surface area contributed by atoms with Crippen molar-refractivity contribution in [1.29, 1.82) is 0 Å². The highest BCUT2D eigenvalue weighted by Gasteiger charge is 2.20. The van der Waals surface area contributed by atoms with E-state index >= 15 is 0 Å². The summed E-state index contributed by atoms with van der Waals surface area (Å²) in [6, 6.07) is 8.53. The first-order valence-electron chi connectivity index (χ1n) is 10.1. The largest absolute Gasteiger partial charge is 0.340 e. The van der Waals surface area contributed by atoms with E-state index in [0.717, 1.165) is 24.7 Å². The molecule has 2 amide bonds. The number of Topliss-reactive ketones (excluding diaryl/α,β-unsaturated/α-hetero) is 1. The first-order valence-corrected chi connectivity index (χ1v) is 10.1. The summed E-state index contributed by atoms with van der Waals surface area (Å²) in [5.74, 6) is -2.80. The fourth-order valence-corrected chi connectivity index (χ4v) is 3.04. The van der Waals surface area contributed by atoms with E-state index < -0.39 is 23.4 Å². The molecule has 8 nitrogen and oxygen atoms in total. The lowest BCUT2D eigenvalue weighted by Gasteiger charge is -2.10. The van der Waals surface area contributed by atoms with Gasteiger partial charge < -0.3 is 20.5 Å². The number of carbonyl (C=O) groups is 3. The molecule has 172 valence electrons. The van der Waals surface area contributed by atoms with E-state index in [1.165, 1.54) is 30.6 Å². The number of benzene rings is 2. The lowest BCUT2D eigenvalue weighted by molar-refractivity contribution is 0.0955. The molecule has 2 aromatic carbocycles. The molecule has 0 spiro atoms. The predicted molar refractivity (Wildman–Crippen MR) is 119 cm³/mol. The minimum absolute atomic E-state index is 0.0149. The van der Waals surface area contributed by atoms with E-state index in [4.69, 9.17) is 0 Å². The smallest absolute Gasteiger partial charge is 0.274 e. The molecule has 0 saturated carbocycles. The van der Waals surface area contributed by atoms with Gasteiger partial charge in [-0.1, -0.05) is 0 Å². The summed E-state index contributed by atoms with van der Waals surface area (Å²) in [7, 11) is 3.80. The second kappa shape index (κ2) is 10.6. The van der Waals surface area contributed by atoms with Gasteiger partial charge in [-0.2, -0.15) is 0 Å². The zero-order valence-corrected chi connectivity index (χ0v) is 18.1. The SMILES string of the molecule is CN(C)CCCC(=O)c1nc[nH]c1C(=O)Nc1ccc(NC(=O)c2ccc(F)cc2)c(F)c1. The summed E-state index contributed by atoms with van der Waals surface area (Å²) in [6.45, 7) is 0.723. The molecular formula is C23H23F2N5O3. The number of aromatic nitrogens is 2. The number of hydrogen-bond acceptors (Lipinski definition) is 5. The molecule has 0 bridgehead atoms. The van der Waals surface area contributed by atoms with Crippen molar-refractivity contribution in [3.05, 3.63) is 77.4 Å². The normalized spacial score (nSPS) is 10.8. The molecule has 3 rings (SSSR count). The molecular weight excluding hydrogens is 432 g/mol. The highest BCUT2D eigenvalue weighted by molar-refractivity contribution is 6.10. The highest BCUT2D eigenvalue weighted by atomic mass is 19.1. The lowest BCUT2D eigenvalue weighted by atomic mass is 10.1. The van der Waals surface area contributed by atoms with E-state index in [0.29, 0.717) is 6.42 Å². The van der Waals surface area contributed by atoms with Crippen LogP contribution < -0.4 is 10.6 Å². The van der Waals surface area contributed by atoms with Crippen LogP contribution in [0.1, 0.15) is 44.2 Å². The van der Waals surface area contributed by atoms with Gasteiger partial charge in [-0.05, 0) is 69.5 Å². The molecule has 3 N–H and O–H groups in total. The fraction of sp³-hybridized carbons (Fsp3) is 0.217. The van der Waals surface area contributed by atoms with Crippen molar-refractivity contribution in [2.24, 2.45) is 0 Å². The Kier molecular flexibility index (Phi) is 7.62. The number of halogens is 2. The van der Waals surface area contributed by atoms with Crippen LogP contribution in [0.4, 0.5) is 20.2 Å². The molecule has 1 heterocycles. The summed E-state index contributed by atoms with van der Waals surface area (Å²) in [5, 5.41) is 4.90. The molecule has 10 heteroatoms. The molecule has 0 fully saturated rings. The second-order valence-corrected chi connectivity index (χ2v) is 7.57. The van der Waals surface area contributed by atoms with Crippen molar-refractivity contribution < 1.29 is 23.2 Å². The molecule has 0 saturated heterocycles. The van der Waals surface area contributed by atoms with Crippen molar-refractivity contribution in [2.75, 3.05) is 31.3 Å². The summed E-state index contributed by atoms with van der Waals surface area (Å²) < 4.78 is 27.5. The van der Waals surface area contributed by atoms with Gasteiger partial charge in [0, 0.05) is 17.7 Å². The summed E-state index contributed by atoms with van der Waals surface area (Å²) in [4.78, 5) is 45.7. The van der Waals surface area contributed by atoms with E-state index in [-0.39, 0.29) is 40.5 Å². The van der Waals surface area contributed by atoms with Crippen LogP contribution in [0.15, 0.2) is 48.8 Å². The Labute approximate surface area is 189 Å². The van der Waals surface area contributed by atoms with Crippen LogP contribution in [0, 0.1) is 11.6 Å². The van der Waals surface area contributed by atoms with E-state index in [1.807, 2.05) is 19.0 Å². The topological polar surface area (TPSA) is 107 Å². The predicted octanol–water partition coefficient (Wildman–Crippen LogP) is 3.72. The summed E-state index contributed by atoms with van der Waals surface area (Å²) in [6.07, 6.45) is 2.11. The maximum absolute atomic E-state index is 14.5. The van der Waals surface area contributed by atoms with Gasteiger partial charge in [0.05, 0.1) is 12.0 Å². The van der Waals surface area contributed by atoms with Crippen LogP contribution in [-0.4, -0.2) is 53.1 Å². The number of imidazole rings is 1. The summed E-state index contributed by atoms with van der Waals surface area (Å²) >= 11 is 0. The Bertz CT molecular complexity index is 1160. The van der Waals surface area contributed by atoms with Gasteiger partial charge in [0.15, 0.2) is 5.78 Å². The molecule has 0 aliphatic heterocycles. The van der Waals surface area contributed by atoms with E-state index in [2.05, 4.69) is 20.6 Å². The van der Waals surface area contributed by atoms with Crippen LogP contribution in [0.2, 0.25) is 0 Å². The van der Waals surface area contributed by atoms with Gasteiger partial charge in [-0.15, -0.1) is 0 Å². The van der Waals surface area contributed by atoms with Gasteiger partial charge in [0.2, 0.25) is 0 Å². The van der Waals surface area contributed by atoms with E-state index in [1.54, 1.807) is 0 Å². The number of nitrogens with zero attached hydrogens (tertiary/aromatic N) is 2. The summed E-state index contributed by atoms with van der Waals surface area (Å²) in [5.41, 5.74) is 0.183. The zero-order valence-electron chi connectivity index (χ0n) is 18.1. The van der Waals surface area contributed by atoms with Gasteiger partial charge in [0.25, 0.3) is 11.8 Å². The van der Waals surface area contributed by atoms with Crippen LogP contribution in [0.25, 0.3) is 0 Å². The minimum Gasteiger partial charge on any atom is -0.340 e. The molecule has 3 aromatic rings. The Morgan fingerprint density at radius 3 is 2.39 bits per heavy atom. The molecule has 33 heavy (non-hydrogen) atoms. The van der Waals surface area contributed by atoms with Gasteiger partial charge >= 0.3 is 0 Å². The number of anilines is 2. The Morgan fingerprint density at radius 1 is 1.00 bits per heavy atom. The Balaban J connectivity index is 1.65. The quantitative estimate of drug-likeness (QED) is 0.427. The van der Waals surface area contributed by atoms with Crippen molar-refractivity contribution in [1.82, 2.24) is 14.9 Å². The first-order chi connectivity index (χ1) is 15.7. The monoisotopic (exact) mass is 455 g/mol.